The zero-order valence-electron chi connectivity index (χ0n) is 13.4. The maximum absolute atomic E-state index is 2.44. The van der Waals surface area contributed by atoms with Crippen LogP contribution in [-0.2, 0) is 0 Å². The van der Waals surface area contributed by atoms with E-state index in [1.807, 2.05) is 0 Å². The van der Waals surface area contributed by atoms with Crippen molar-refractivity contribution in [3.63, 3.8) is 0 Å². The van der Waals surface area contributed by atoms with Crippen molar-refractivity contribution < 1.29 is 0 Å². The lowest BCUT2D eigenvalue weighted by molar-refractivity contribution is 0.239. The number of rotatable bonds is 11. The smallest absolute Gasteiger partial charge is 0.0106 e. The first-order valence-electron chi connectivity index (χ1n) is 7.08. The molecule has 0 spiro atoms. The van der Waals surface area contributed by atoms with Crippen LogP contribution in [0.5, 0.6) is 0 Å². The van der Waals surface area contributed by atoms with E-state index in [-0.39, 0.29) is 0 Å². The van der Waals surface area contributed by atoms with Gasteiger partial charge in [-0.1, -0.05) is 0 Å². The van der Waals surface area contributed by atoms with Gasteiger partial charge in [-0.05, 0) is 81.3 Å². The summed E-state index contributed by atoms with van der Waals surface area (Å²) in [5, 5.41) is 0. The number of nitrogens with zero attached hydrogens (tertiary/aromatic N) is 4. The lowest BCUT2D eigenvalue weighted by Gasteiger charge is -2.23. The highest BCUT2D eigenvalue weighted by atomic mass is 15.2. The van der Waals surface area contributed by atoms with Gasteiger partial charge in [0, 0.05) is 13.1 Å². The van der Waals surface area contributed by atoms with Gasteiger partial charge in [0.1, 0.15) is 0 Å². The molecule has 0 N–H and O–H groups in total. The molecular weight excluding hydrogens is 224 g/mol. The fraction of sp³-hybridized carbons (Fsp3) is 1.00. The maximum atomic E-state index is 2.44. The van der Waals surface area contributed by atoms with Crippen LogP contribution in [0.4, 0.5) is 0 Å². The molecule has 0 amide bonds. The van der Waals surface area contributed by atoms with E-state index in [0.29, 0.717) is 0 Å². The first-order chi connectivity index (χ1) is 8.41. The zero-order chi connectivity index (χ0) is 14.0. The summed E-state index contributed by atoms with van der Waals surface area (Å²) in [6, 6.07) is 0. The van der Waals surface area contributed by atoms with Gasteiger partial charge in [-0.25, -0.2) is 0 Å². The summed E-state index contributed by atoms with van der Waals surface area (Å²) in [6.45, 7) is 7.11. The number of likely N-dealkylation sites (N-methyl/N-ethyl adjacent to an activating group) is 2. The Balaban J connectivity index is 3.44. The monoisotopic (exact) mass is 258 g/mol. The van der Waals surface area contributed by atoms with E-state index in [1.165, 1.54) is 52.1 Å². The fourth-order valence-electron chi connectivity index (χ4n) is 1.88. The van der Waals surface area contributed by atoms with Gasteiger partial charge in [-0.3, -0.25) is 0 Å². The third-order valence-electron chi connectivity index (χ3n) is 3.15. The highest BCUT2D eigenvalue weighted by Crippen LogP contribution is 1.93. The van der Waals surface area contributed by atoms with E-state index < -0.39 is 0 Å². The minimum Gasteiger partial charge on any atom is -0.309 e. The fourth-order valence-corrected chi connectivity index (χ4v) is 1.88. The van der Waals surface area contributed by atoms with E-state index in [0.717, 1.165) is 0 Å². The van der Waals surface area contributed by atoms with Crippen molar-refractivity contribution in [2.24, 2.45) is 0 Å². The summed E-state index contributed by atoms with van der Waals surface area (Å²) in [5.41, 5.74) is 0. The van der Waals surface area contributed by atoms with Crippen molar-refractivity contribution >= 4 is 0 Å². The molecule has 0 aliphatic carbocycles. The second-order valence-corrected chi connectivity index (χ2v) is 5.92. The largest absolute Gasteiger partial charge is 0.309 e. The van der Waals surface area contributed by atoms with Crippen LogP contribution in [0, 0.1) is 0 Å². The average Bonchev–Trinajstić information content (AvgIpc) is 2.25. The SMILES string of the molecule is CN(C)CCCN(C)CCN(C)CCCN(C)C. The molecule has 0 aliphatic rings. The predicted octanol–water partition coefficient (Wildman–Crippen LogP) is 0.753. The molecule has 0 rings (SSSR count). The lowest BCUT2D eigenvalue weighted by atomic mass is 10.3. The van der Waals surface area contributed by atoms with Gasteiger partial charge in [0.15, 0.2) is 0 Å². The van der Waals surface area contributed by atoms with Crippen molar-refractivity contribution in [2.75, 3.05) is 81.6 Å². The Morgan fingerprint density at radius 2 is 0.778 bits per heavy atom. The van der Waals surface area contributed by atoms with Crippen LogP contribution in [0.3, 0.4) is 0 Å². The van der Waals surface area contributed by atoms with Crippen molar-refractivity contribution in [3.05, 3.63) is 0 Å². The van der Waals surface area contributed by atoms with Gasteiger partial charge in [-0.15, -0.1) is 0 Å². The first kappa shape index (κ1) is 17.8. The quantitative estimate of drug-likeness (QED) is 0.542. The average molecular weight is 258 g/mol. The minimum atomic E-state index is 1.17. The van der Waals surface area contributed by atoms with Crippen LogP contribution in [-0.4, -0.2) is 101 Å². The van der Waals surface area contributed by atoms with Crippen LogP contribution in [0.25, 0.3) is 0 Å². The summed E-state index contributed by atoms with van der Waals surface area (Å²) in [6.07, 6.45) is 2.52. The van der Waals surface area contributed by atoms with Crippen molar-refractivity contribution in [1.82, 2.24) is 19.6 Å². The van der Waals surface area contributed by atoms with E-state index in [1.54, 1.807) is 0 Å². The molecular formula is C14H34N4. The molecule has 0 heterocycles. The van der Waals surface area contributed by atoms with Gasteiger partial charge in [0.2, 0.25) is 0 Å². The predicted molar refractivity (Wildman–Crippen MR) is 81.3 cm³/mol. The van der Waals surface area contributed by atoms with E-state index in [9.17, 15) is 0 Å². The van der Waals surface area contributed by atoms with Crippen LogP contribution >= 0.6 is 0 Å². The standard InChI is InChI=1S/C14H34N4/c1-15(2)9-7-11-17(5)13-14-18(6)12-8-10-16(3)4/h7-14H2,1-6H3. The molecule has 0 aromatic rings. The molecule has 4 nitrogen and oxygen atoms in total. The van der Waals surface area contributed by atoms with E-state index >= 15 is 0 Å². The third-order valence-corrected chi connectivity index (χ3v) is 3.15. The van der Waals surface area contributed by atoms with Crippen LogP contribution in [0.1, 0.15) is 12.8 Å². The molecule has 0 unspecified atom stereocenters. The van der Waals surface area contributed by atoms with Crippen LogP contribution < -0.4 is 0 Å². The molecule has 0 fully saturated rings. The normalized spacial score (nSPS) is 12.3. The van der Waals surface area contributed by atoms with Gasteiger partial charge < -0.3 is 19.6 Å². The molecule has 0 bridgehead atoms. The summed E-state index contributed by atoms with van der Waals surface area (Å²) in [4.78, 5) is 9.38. The Morgan fingerprint density at radius 3 is 1.06 bits per heavy atom. The van der Waals surface area contributed by atoms with Crippen molar-refractivity contribution in [3.8, 4) is 0 Å². The van der Waals surface area contributed by atoms with E-state index in [2.05, 4.69) is 61.9 Å². The number of hydrogen-bond acceptors (Lipinski definition) is 4. The van der Waals surface area contributed by atoms with Crippen LogP contribution in [0.2, 0.25) is 0 Å². The van der Waals surface area contributed by atoms with Gasteiger partial charge in [0.05, 0.1) is 0 Å². The Bertz CT molecular complexity index is 163. The topological polar surface area (TPSA) is 13.0 Å². The molecule has 4 heteroatoms. The molecule has 0 aromatic carbocycles. The van der Waals surface area contributed by atoms with Crippen molar-refractivity contribution in [1.29, 1.82) is 0 Å². The summed E-state index contributed by atoms with van der Waals surface area (Å²) >= 11 is 0. The Labute approximate surface area is 115 Å². The lowest BCUT2D eigenvalue weighted by Crippen LogP contribution is -2.33. The summed E-state index contributed by atoms with van der Waals surface area (Å²) in [5.74, 6) is 0. The van der Waals surface area contributed by atoms with Crippen LogP contribution in [0.15, 0.2) is 0 Å². The zero-order valence-corrected chi connectivity index (χ0v) is 13.4. The number of hydrogen-bond donors (Lipinski definition) is 0. The first-order valence-corrected chi connectivity index (χ1v) is 7.08. The Hall–Kier alpha value is -0.160. The molecule has 0 radical (unpaired) electrons. The summed E-state index contributed by atoms with van der Waals surface area (Å²) < 4.78 is 0. The maximum Gasteiger partial charge on any atom is 0.0106 e. The van der Waals surface area contributed by atoms with Gasteiger partial charge in [0.25, 0.3) is 0 Å². The van der Waals surface area contributed by atoms with E-state index in [4.69, 9.17) is 0 Å². The Kier molecular flexibility index (Phi) is 10.6. The summed E-state index contributed by atoms with van der Waals surface area (Å²) in [7, 11) is 13.0. The molecule has 0 aliphatic heterocycles. The molecule has 110 valence electrons. The molecule has 18 heavy (non-hydrogen) atoms. The van der Waals surface area contributed by atoms with Crippen molar-refractivity contribution in [2.45, 2.75) is 12.8 Å². The Morgan fingerprint density at radius 1 is 0.444 bits per heavy atom. The third kappa shape index (κ3) is 12.3. The van der Waals surface area contributed by atoms with Gasteiger partial charge >= 0.3 is 0 Å². The van der Waals surface area contributed by atoms with Gasteiger partial charge in [-0.2, -0.15) is 0 Å². The molecule has 0 aromatic heterocycles. The highest BCUT2D eigenvalue weighted by molar-refractivity contribution is 4.59. The molecule has 0 saturated carbocycles. The molecule has 0 atom stereocenters. The second kappa shape index (κ2) is 10.7. The second-order valence-electron chi connectivity index (χ2n) is 5.92. The minimum absolute atomic E-state index is 1.17. The highest BCUT2D eigenvalue weighted by Gasteiger charge is 2.02. The molecule has 0 saturated heterocycles.